The lowest BCUT2D eigenvalue weighted by Gasteiger charge is -2.15. The van der Waals surface area contributed by atoms with Crippen LogP contribution < -0.4 is 14.8 Å². The van der Waals surface area contributed by atoms with Crippen LogP contribution in [0.4, 0.5) is 5.69 Å². The molecule has 1 N–H and O–H groups in total. The van der Waals surface area contributed by atoms with Crippen molar-refractivity contribution in [3.63, 3.8) is 0 Å². The van der Waals surface area contributed by atoms with Crippen molar-refractivity contribution in [2.45, 2.75) is 13.0 Å². The third-order valence-corrected chi connectivity index (χ3v) is 4.30. The smallest absolute Gasteiger partial charge is 0.340 e. The Balaban J connectivity index is 1.55. The van der Waals surface area contributed by atoms with Gasteiger partial charge in [0.1, 0.15) is 0 Å². The van der Waals surface area contributed by atoms with Gasteiger partial charge in [0.05, 0.1) is 21.6 Å². The minimum absolute atomic E-state index is 0.0658. The summed E-state index contributed by atoms with van der Waals surface area (Å²) in [5.41, 5.74) is 0.475. The summed E-state index contributed by atoms with van der Waals surface area (Å²) in [6.45, 7) is 1.40. The Morgan fingerprint density at radius 1 is 1.25 bits per heavy atom. The van der Waals surface area contributed by atoms with Crippen molar-refractivity contribution in [1.29, 1.82) is 0 Å². The van der Waals surface area contributed by atoms with Crippen molar-refractivity contribution in [3.8, 4) is 11.5 Å². The molecule has 0 unspecified atom stereocenters. The third kappa shape index (κ3) is 4.32. The van der Waals surface area contributed by atoms with Crippen molar-refractivity contribution in [1.82, 2.24) is 5.32 Å². The van der Waals surface area contributed by atoms with Crippen molar-refractivity contribution < 1.29 is 28.7 Å². The zero-order valence-corrected chi connectivity index (χ0v) is 15.4. The van der Waals surface area contributed by atoms with Crippen molar-refractivity contribution in [2.75, 3.05) is 13.4 Å². The fourth-order valence-corrected chi connectivity index (χ4v) is 2.79. The first-order valence-electron chi connectivity index (χ1n) is 8.15. The van der Waals surface area contributed by atoms with Gasteiger partial charge in [0.15, 0.2) is 18.1 Å². The number of hydrogen-bond acceptors (Lipinski definition) is 7. The fraction of sp³-hybridized carbons (Fsp3) is 0.222. The number of nitro groups is 1. The van der Waals surface area contributed by atoms with Crippen molar-refractivity contribution in [2.24, 2.45) is 0 Å². The van der Waals surface area contributed by atoms with Crippen LogP contribution in [0.5, 0.6) is 11.5 Å². The number of rotatable bonds is 6. The maximum atomic E-state index is 12.1. The summed E-state index contributed by atoms with van der Waals surface area (Å²) >= 11 is 5.87. The highest BCUT2D eigenvalue weighted by Gasteiger charge is 2.19. The molecule has 1 atom stereocenters. The predicted octanol–water partition coefficient (Wildman–Crippen LogP) is 3.01. The van der Waals surface area contributed by atoms with E-state index in [1.165, 1.54) is 6.07 Å². The molecule has 3 rings (SSSR count). The Morgan fingerprint density at radius 2 is 2.00 bits per heavy atom. The van der Waals surface area contributed by atoms with Gasteiger partial charge in [-0.15, -0.1) is 0 Å². The molecule has 0 saturated heterocycles. The summed E-state index contributed by atoms with van der Waals surface area (Å²) < 4.78 is 15.5. The molecule has 0 fully saturated rings. The number of carbonyl (C=O) groups is 2. The summed E-state index contributed by atoms with van der Waals surface area (Å²) in [6.07, 6.45) is 0. The minimum Gasteiger partial charge on any atom is -0.454 e. The molecule has 1 amide bonds. The number of nitrogens with one attached hydrogen (secondary N) is 1. The Morgan fingerprint density at radius 3 is 2.71 bits per heavy atom. The number of nitro benzene ring substituents is 1. The van der Waals surface area contributed by atoms with Gasteiger partial charge in [0, 0.05) is 12.1 Å². The van der Waals surface area contributed by atoms with E-state index in [9.17, 15) is 19.7 Å². The average molecular weight is 407 g/mol. The van der Waals surface area contributed by atoms with Gasteiger partial charge < -0.3 is 19.5 Å². The number of fused-ring (bicyclic) bond motifs is 1. The highest BCUT2D eigenvalue weighted by molar-refractivity contribution is 6.33. The highest BCUT2D eigenvalue weighted by Crippen LogP contribution is 2.34. The molecule has 2 aromatic carbocycles. The summed E-state index contributed by atoms with van der Waals surface area (Å²) in [6, 6.07) is 8.29. The first-order valence-corrected chi connectivity index (χ1v) is 8.53. The van der Waals surface area contributed by atoms with Crippen LogP contribution >= 0.6 is 11.6 Å². The van der Waals surface area contributed by atoms with Gasteiger partial charge in [0.2, 0.25) is 6.79 Å². The average Bonchev–Trinajstić information content (AvgIpc) is 3.13. The largest absolute Gasteiger partial charge is 0.454 e. The van der Waals surface area contributed by atoms with Gasteiger partial charge in [-0.25, -0.2) is 4.79 Å². The van der Waals surface area contributed by atoms with E-state index in [1.807, 2.05) is 0 Å². The molecule has 0 spiro atoms. The van der Waals surface area contributed by atoms with E-state index in [0.717, 1.165) is 17.7 Å². The zero-order chi connectivity index (χ0) is 20.3. The van der Waals surface area contributed by atoms with E-state index in [0.29, 0.717) is 11.5 Å². The summed E-state index contributed by atoms with van der Waals surface area (Å²) in [5, 5.41) is 13.3. The molecule has 1 aliphatic rings. The number of benzene rings is 2. The second-order valence-electron chi connectivity index (χ2n) is 5.90. The topological polar surface area (TPSA) is 117 Å². The molecule has 0 aliphatic carbocycles. The van der Waals surface area contributed by atoms with Gasteiger partial charge in [0.25, 0.3) is 11.6 Å². The van der Waals surface area contributed by atoms with E-state index in [1.54, 1.807) is 25.1 Å². The molecular formula is C18H15ClN2O7. The van der Waals surface area contributed by atoms with E-state index in [4.69, 9.17) is 25.8 Å². The van der Waals surface area contributed by atoms with Gasteiger partial charge in [-0.1, -0.05) is 17.7 Å². The summed E-state index contributed by atoms with van der Waals surface area (Å²) in [5.74, 6) is -0.142. The lowest BCUT2D eigenvalue weighted by Crippen LogP contribution is -2.31. The first-order chi connectivity index (χ1) is 13.3. The van der Waals surface area contributed by atoms with Crippen LogP contribution in [-0.2, 0) is 9.53 Å². The fourth-order valence-electron chi connectivity index (χ4n) is 2.54. The zero-order valence-electron chi connectivity index (χ0n) is 14.6. The molecule has 10 heteroatoms. The van der Waals surface area contributed by atoms with Crippen molar-refractivity contribution >= 4 is 29.2 Å². The maximum Gasteiger partial charge on any atom is 0.340 e. The van der Waals surface area contributed by atoms with E-state index < -0.39 is 23.4 Å². The van der Waals surface area contributed by atoms with Crippen LogP contribution in [0, 0.1) is 10.1 Å². The Hall–Kier alpha value is -3.33. The lowest BCUT2D eigenvalue weighted by molar-refractivity contribution is -0.384. The van der Waals surface area contributed by atoms with Crippen LogP contribution in [0.3, 0.4) is 0 Å². The molecule has 0 aromatic heterocycles. The number of halogens is 1. The Kier molecular flexibility index (Phi) is 5.65. The molecule has 0 saturated carbocycles. The van der Waals surface area contributed by atoms with Crippen molar-refractivity contribution in [3.05, 3.63) is 62.7 Å². The van der Waals surface area contributed by atoms with Crippen LogP contribution in [0.2, 0.25) is 5.02 Å². The number of amides is 1. The normalized spacial score (nSPS) is 12.9. The molecule has 1 aliphatic heterocycles. The summed E-state index contributed by atoms with van der Waals surface area (Å²) in [4.78, 5) is 34.2. The first kappa shape index (κ1) is 19.4. The quantitative estimate of drug-likeness (QED) is 0.445. The number of carbonyl (C=O) groups excluding carboxylic acids is 2. The molecule has 28 heavy (non-hydrogen) atoms. The van der Waals surface area contributed by atoms with E-state index >= 15 is 0 Å². The lowest BCUT2D eigenvalue weighted by atomic mass is 10.1. The number of esters is 1. The Bertz CT molecular complexity index is 948. The van der Waals surface area contributed by atoms with Crippen LogP contribution in [0.15, 0.2) is 36.4 Å². The standard InChI is InChI=1S/C18H15ClN2O7/c1-10(11-2-5-15-16(6-11)28-9-27-15)20-17(22)8-26-18(23)13-4-3-12(21(24)25)7-14(13)19/h2-7,10H,8-9H2,1H3,(H,20,22)/t10-/m0/s1. The monoisotopic (exact) mass is 406 g/mol. The van der Waals surface area contributed by atoms with Gasteiger partial charge >= 0.3 is 5.97 Å². The van der Waals surface area contributed by atoms with E-state index in [2.05, 4.69) is 5.32 Å². The van der Waals surface area contributed by atoms with Gasteiger partial charge in [-0.05, 0) is 30.7 Å². The number of nitrogens with zero attached hydrogens (tertiary/aromatic N) is 1. The second-order valence-corrected chi connectivity index (χ2v) is 6.31. The number of ether oxygens (including phenoxy) is 3. The second kappa shape index (κ2) is 8.13. The molecule has 146 valence electrons. The maximum absolute atomic E-state index is 12.1. The highest BCUT2D eigenvalue weighted by atomic mass is 35.5. The Labute approximate surface area is 164 Å². The molecule has 0 radical (unpaired) electrons. The molecule has 0 bridgehead atoms. The SMILES string of the molecule is C[C@H](NC(=O)COC(=O)c1ccc([N+](=O)[O-])cc1Cl)c1ccc2c(c1)OCO2. The van der Waals surface area contributed by atoms with Crippen LogP contribution in [0.25, 0.3) is 0 Å². The third-order valence-electron chi connectivity index (χ3n) is 3.99. The predicted molar refractivity (Wildman–Crippen MR) is 97.5 cm³/mol. The number of non-ortho nitro benzene ring substituents is 1. The van der Waals surface area contributed by atoms with E-state index in [-0.39, 0.29) is 29.1 Å². The summed E-state index contributed by atoms with van der Waals surface area (Å²) in [7, 11) is 0. The molecular weight excluding hydrogens is 392 g/mol. The molecule has 9 nitrogen and oxygen atoms in total. The number of hydrogen-bond donors (Lipinski definition) is 1. The minimum atomic E-state index is -0.856. The molecule has 2 aromatic rings. The van der Waals surface area contributed by atoms with Crippen LogP contribution in [-0.4, -0.2) is 30.2 Å². The van der Waals surface area contributed by atoms with Crippen LogP contribution in [0.1, 0.15) is 28.9 Å². The van der Waals surface area contributed by atoms with Gasteiger partial charge in [-0.2, -0.15) is 0 Å². The molecule has 1 heterocycles. The van der Waals surface area contributed by atoms with Gasteiger partial charge in [-0.3, -0.25) is 14.9 Å².